The van der Waals surface area contributed by atoms with Crippen molar-refractivity contribution in [1.82, 2.24) is 0 Å². The van der Waals surface area contributed by atoms with Crippen LogP contribution in [0.5, 0.6) is 5.75 Å². The molecule has 4 heteroatoms. The number of aromatic hydroxyl groups is 1. The molecule has 126 valence electrons. The first kappa shape index (κ1) is 17.1. The van der Waals surface area contributed by atoms with E-state index < -0.39 is 5.97 Å². The summed E-state index contributed by atoms with van der Waals surface area (Å²) in [6.07, 6.45) is 0.542. The van der Waals surface area contributed by atoms with Gasteiger partial charge in [0.25, 0.3) is 0 Å². The van der Waals surface area contributed by atoms with E-state index in [1.165, 1.54) is 6.07 Å². The molecule has 0 saturated heterocycles. The standard InChI is InChI=1S/C21H17ClO3/c22-18-8-6-16(7-9-18)14-25-21(24)20-11-10-19(23)13-17(20)12-15-4-2-1-3-5-15/h1-11,13,23H,12,14H2. The topological polar surface area (TPSA) is 46.5 Å². The summed E-state index contributed by atoms with van der Waals surface area (Å²) in [5, 5.41) is 10.4. The van der Waals surface area contributed by atoms with Gasteiger partial charge in [0.2, 0.25) is 0 Å². The number of hydrogen-bond acceptors (Lipinski definition) is 3. The zero-order valence-corrected chi connectivity index (χ0v) is 14.2. The molecule has 0 aromatic heterocycles. The fourth-order valence-electron chi connectivity index (χ4n) is 2.55. The lowest BCUT2D eigenvalue weighted by atomic mass is 9.99. The molecule has 25 heavy (non-hydrogen) atoms. The molecule has 0 radical (unpaired) electrons. The number of carbonyl (C=O) groups excluding carboxylic acids is 1. The summed E-state index contributed by atoms with van der Waals surface area (Å²) >= 11 is 5.85. The second-order valence-corrected chi connectivity index (χ2v) is 6.14. The maximum Gasteiger partial charge on any atom is 0.338 e. The van der Waals surface area contributed by atoms with E-state index in [0.717, 1.165) is 16.7 Å². The first-order chi connectivity index (χ1) is 12.1. The number of ether oxygens (including phenoxy) is 1. The first-order valence-electron chi connectivity index (χ1n) is 7.89. The Morgan fingerprint density at radius 2 is 1.64 bits per heavy atom. The third-order valence-electron chi connectivity index (χ3n) is 3.83. The van der Waals surface area contributed by atoms with Gasteiger partial charge in [0.1, 0.15) is 12.4 Å². The second kappa shape index (κ2) is 7.86. The number of carbonyl (C=O) groups is 1. The molecule has 0 aliphatic rings. The predicted molar refractivity (Wildman–Crippen MR) is 97.9 cm³/mol. The van der Waals surface area contributed by atoms with E-state index in [4.69, 9.17) is 16.3 Å². The van der Waals surface area contributed by atoms with Crippen molar-refractivity contribution >= 4 is 17.6 Å². The Labute approximate surface area is 151 Å². The number of benzene rings is 3. The number of halogens is 1. The van der Waals surface area contributed by atoms with Crippen LogP contribution < -0.4 is 0 Å². The monoisotopic (exact) mass is 352 g/mol. The van der Waals surface area contributed by atoms with Crippen LogP contribution in [0.15, 0.2) is 72.8 Å². The molecular formula is C21H17ClO3. The van der Waals surface area contributed by atoms with Gasteiger partial charge in [0.15, 0.2) is 0 Å². The van der Waals surface area contributed by atoms with Gasteiger partial charge < -0.3 is 9.84 Å². The Morgan fingerprint density at radius 3 is 2.36 bits per heavy atom. The number of rotatable bonds is 5. The minimum Gasteiger partial charge on any atom is -0.508 e. The Hall–Kier alpha value is -2.78. The van der Waals surface area contributed by atoms with Crippen molar-refractivity contribution in [3.8, 4) is 5.75 Å². The smallest absolute Gasteiger partial charge is 0.338 e. The maximum atomic E-state index is 12.5. The molecule has 0 unspecified atom stereocenters. The summed E-state index contributed by atoms with van der Waals surface area (Å²) in [5.41, 5.74) is 3.10. The number of phenolic OH excluding ortho intramolecular Hbond substituents is 1. The second-order valence-electron chi connectivity index (χ2n) is 5.71. The summed E-state index contributed by atoms with van der Waals surface area (Å²) < 4.78 is 5.41. The van der Waals surface area contributed by atoms with E-state index in [9.17, 15) is 9.90 Å². The van der Waals surface area contributed by atoms with E-state index in [1.807, 2.05) is 42.5 Å². The average molecular weight is 353 g/mol. The first-order valence-corrected chi connectivity index (χ1v) is 8.27. The normalized spacial score (nSPS) is 10.4. The molecule has 3 aromatic rings. The van der Waals surface area contributed by atoms with Crippen LogP contribution in [-0.4, -0.2) is 11.1 Å². The quantitative estimate of drug-likeness (QED) is 0.658. The van der Waals surface area contributed by atoms with Crippen LogP contribution in [0.25, 0.3) is 0 Å². The summed E-state index contributed by atoms with van der Waals surface area (Å²) in [7, 11) is 0. The predicted octanol–water partition coefficient (Wildman–Crippen LogP) is 4.99. The zero-order chi connectivity index (χ0) is 17.6. The van der Waals surface area contributed by atoms with Gasteiger partial charge in [-0.3, -0.25) is 0 Å². The van der Waals surface area contributed by atoms with Crippen LogP contribution >= 0.6 is 11.6 Å². The van der Waals surface area contributed by atoms with Gasteiger partial charge >= 0.3 is 5.97 Å². The SMILES string of the molecule is O=C(OCc1ccc(Cl)cc1)c1ccc(O)cc1Cc1ccccc1. The van der Waals surface area contributed by atoms with Crippen molar-refractivity contribution in [2.24, 2.45) is 0 Å². The Balaban J connectivity index is 1.76. The van der Waals surface area contributed by atoms with Crippen molar-refractivity contribution in [1.29, 1.82) is 0 Å². The summed E-state index contributed by atoms with van der Waals surface area (Å²) in [5.74, 6) is -0.291. The largest absolute Gasteiger partial charge is 0.508 e. The van der Waals surface area contributed by atoms with E-state index in [1.54, 1.807) is 24.3 Å². The molecule has 1 N–H and O–H groups in total. The zero-order valence-electron chi connectivity index (χ0n) is 13.5. The van der Waals surface area contributed by atoms with Gasteiger partial charge in [-0.05, 0) is 53.4 Å². The fraction of sp³-hybridized carbons (Fsp3) is 0.0952. The van der Waals surface area contributed by atoms with E-state index in [0.29, 0.717) is 17.0 Å². The van der Waals surface area contributed by atoms with Gasteiger partial charge in [0.05, 0.1) is 5.56 Å². The van der Waals surface area contributed by atoms with Crippen LogP contribution in [0.3, 0.4) is 0 Å². The molecule has 0 heterocycles. The van der Waals surface area contributed by atoms with Gasteiger partial charge in [-0.2, -0.15) is 0 Å². The maximum absolute atomic E-state index is 12.5. The summed E-state index contributed by atoms with van der Waals surface area (Å²) in [6, 6.07) is 21.6. The van der Waals surface area contributed by atoms with E-state index >= 15 is 0 Å². The highest BCUT2D eigenvalue weighted by atomic mass is 35.5. The molecule has 0 aliphatic heterocycles. The number of hydrogen-bond donors (Lipinski definition) is 1. The van der Waals surface area contributed by atoms with Gasteiger partial charge in [-0.1, -0.05) is 54.1 Å². The summed E-state index contributed by atoms with van der Waals surface area (Å²) in [4.78, 5) is 12.5. The lowest BCUT2D eigenvalue weighted by Crippen LogP contribution is -2.09. The highest BCUT2D eigenvalue weighted by molar-refractivity contribution is 6.30. The third-order valence-corrected chi connectivity index (χ3v) is 4.08. The van der Waals surface area contributed by atoms with Crippen molar-refractivity contribution in [2.45, 2.75) is 13.0 Å². The highest BCUT2D eigenvalue weighted by Gasteiger charge is 2.14. The summed E-state index contributed by atoms with van der Waals surface area (Å²) in [6.45, 7) is 0.168. The van der Waals surface area contributed by atoms with Gasteiger partial charge in [-0.25, -0.2) is 4.79 Å². The molecule has 0 atom stereocenters. The number of esters is 1. The van der Waals surface area contributed by atoms with Gasteiger partial charge in [0, 0.05) is 5.02 Å². The fourth-order valence-corrected chi connectivity index (χ4v) is 2.67. The molecule has 0 amide bonds. The van der Waals surface area contributed by atoms with Crippen LogP contribution in [0.1, 0.15) is 27.0 Å². The van der Waals surface area contributed by atoms with Crippen molar-refractivity contribution in [3.63, 3.8) is 0 Å². The van der Waals surface area contributed by atoms with Crippen LogP contribution in [0.4, 0.5) is 0 Å². The Kier molecular flexibility index (Phi) is 5.36. The lowest BCUT2D eigenvalue weighted by Gasteiger charge is -2.11. The van der Waals surface area contributed by atoms with E-state index in [-0.39, 0.29) is 12.4 Å². The molecule has 3 aromatic carbocycles. The van der Waals surface area contributed by atoms with Crippen LogP contribution in [-0.2, 0) is 17.8 Å². The molecule has 0 fully saturated rings. The minimum atomic E-state index is -0.416. The average Bonchev–Trinajstić information content (AvgIpc) is 2.62. The van der Waals surface area contributed by atoms with Gasteiger partial charge in [-0.15, -0.1) is 0 Å². The number of phenols is 1. The lowest BCUT2D eigenvalue weighted by molar-refractivity contribution is 0.0471. The molecule has 0 aliphatic carbocycles. The highest BCUT2D eigenvalue weighted by Crippen LogP contribution is 2.21. The molecule has 0 saturated carbocycles. The third kappa shape index (κ3) is 4.61. The minimum absolute atomic E-state index is 0.125. The van der Waals surface area contributed by atoms with Crippen LogP contribution in [0, 0.1) is 0 Å². The van der Waals surface area contributed by atoms with Crippen molar-refractivity contribution < 1.29 is 14.6 Å². The van der Waals surface area contributed by atoms with Crippen molar-refractivity contribution in [3.05, 3.63) is 100 Å². The Morgan fingerprint density at radius 1 is 0.920 bits per heavy atom. The molecule has 0 bridgehead atoms. The molecular weight excluding hydrogens is 336 g/mol. The van der Waals surface area contributed by atoms with Crippen molar-refractivity contribution in [2.75, 3.05) is 0 Å². The van der Waals surface area contributed by atoms with Crippen LogP contribution in [0.2, 0.25) is 5.02 Å². The van der Waals surface area contributed by atoms with E-state index in [2.05, 4.69) is 0 Å². The molecule has 3 nitrogen and oxygen atoms in total. The molecule has 0 spiro atoms. The Bertz CT molecular complexity index is 858. The molecule has 3 rings (SSSR count).